The van der Waals surface area contributed by atoms with Crippen molar-refractivity contribution in [3.05, 3.63) is 42.2 Å². The summed E-state index contributed by atoms with van der Waals surface area (Å²) in [5.41, 5.74) is 0.752. The molecule has 0 amide bonds. The summed E-state index contributed by atoms with van der Waals surface area (Å²) >= 11 is 0. The molecule has 3 heteroatoms. The zero-order chi connectivity index (χ0) is 11.5. The van der Waals surface area contributed by atoms with Gasteiger partial charge in [0.25, 0.3) is 0 Å². The van der Waals surface area contributed by atoms with E-state index >= 15 is 0 Å². The van der Waals surface area contributed by atoms with Crippen LogP contribution in [0.1, 0.15) is 17.3 Å². The fraction of sp³-hybridized carbons (Fsp3) is 0.231. The highest BCUT2D eigenvalue weighted by Crippen LogP contribution is 2.18. The van der Waals surface area contributed by atoms with Crippen LogP contribution in [0, 0.1) is 0 Å². The van der Waals surface area contributed by atoms with Crippen LogP contribution in [0.5, 0.6) is 0 Å². The standard InChI is InChI=1S/C13H14N2O/c1-9(14-2)13(16)12-5-3-4-10-8-15-7-6-11(10)12/h3-9,14H,1-2H3. The summed E-state index contributed by atoms with van der Waals surface area (Å²) in [5, 5.41) is 4.92. The molecule has 16 heavy (non-hydrogen) atoms. The number of fused-ring (bicyclic) bond motifs is 1. The van der Waals surface area contributed by atoms with Gasteiger partial charge in [-0.2, -0.15) is 0 Å². The molecule has 1 aromatic carbocycles. The number of pyridine rings is 1. The van der Waals surface area contributed by atoms with Crippen LogP contribution in [0.15, 0.2) is 36.7 Å². The summed E-state index contributed by atoms with van der Waals surface area (Å²) < 4.78 is 0. The molecule has 1 atom stereocenters. The monoisotopic (exact) mass is 214 g/mol. The summed E-state index contributed by atoms with van der Waals surface area (Å²) in [6, 6.07) is 7.42. The van der Waals surface area contributed by atoms with Crippen LogP contribution < -0.4 is 5.32 Å². The minimum atomic E-state index is -0.168. The highest BCUT2D eigenvalue weighted by Gasteiger charge is 2.15. The quantitative estimate of drug-likeness (QED) is 0.795. The van der Waals surface area contributed by atoms with Gasteiger partial charge in [-0.05, 0) is 25.4 Å². The largest absolute Gasteiger partial charge is 0.310 e. The maximum atomic E-state index is 12.1. The molecule has 0 bridgehead atoms. The molecule has 1 heterocycles. The number of likely N-dealkylation sites (N-methyl/N-ethyl adjacent to an activating group) is 1. The van der Waals surface area contributed by atoms with Crippen LogP contribution in [0.4, 0.5) is 0 Å². The van der Waals surface area contributed by atoms with Crippen LogP contribution in [0.2, 0.25) is 0 Å². The predicted molar refractivity (Wildman–Crippen MR) is 64.6 cm³/mol. The molecule has 82 valence electrons. The van der Waals surface area contributed by atoms with Gasteiger partial charge in [0.15, 0.2) is 5.78 Å². The molecule has 2 aromatic rings. The number of benzene rings is 1. The summed E-state index contributed by atoms with van der Waals surface area (Å²) in [4.78, 5) is 16.2. The number of nitrogens with zero attached hydrogens (tertiary/aromatic N) is 1. The lowest BCUT2D eigenvalue weighted by molar-refractivity contribution is 0.0956. The van der Waals surface area contributed by atoms with Gasteiger partial charge in [0.2, 0.25) is 0 Å². The second kappa shape index (κ2) is 4.41. The van der Waals surface area contributed by atoms with E-state index in [1.807, 2.05) is 31.2 Å². The molecule has 0 saturated carbocycles. The van der Waals surface area contributed by atoms with Crippen LogP contribution >= 0.6 is 0 Å². The molecule has 0 saturated heterocycles. The smallest absolute Gasteiger partial charge is 0.180 e. The van der Waals surface area contributed by atoms with Gasteiger partial charge in [-0.25, -0.2) is 0 Å². The number of carbonyl (C=O) groups excluding carboxylic acids is 1. The molecule has 2 rings (SSSR count). The normalized spacial score (nSPS) is 12.6. The molecule has 0 aliphatic rings. The Morgan fingerprint density at radius 3 is 2.94 bits per heavy atom. The van der Waals surface area contributed by atoms with Gasteiger partial charge in [-0.1, -0.05) is 18.2 Å². The van der Waals surface area contributed by atoms with Crippen LogP contribution in [0.3, 0.4) is 0 Å². The van der Waals surface area contributed by atoms with Crippen LogP contribution in [-0.4, -0.2) is 23.9 Å². The minimum absolute atomic E-state index is 0.110. The maximum Gasteiger partial charge on any atom is 0.180 e. The summed E-state index contributed by atoms with van der Waals surface area (Å²) in [5.74, 6) is 0.110. The van der Waals surface area contributed by atoms with Crippen molar-refractivity contribution in [2.24, 2.45) is 0 Å². The van der Waals surface area contributed by atoms with E-state index < -0.39 is 0 Å². The van der Waals surface area contributed by atoms with Crippen molar-refractivity contribution in [1.29, 1.82) is 0 Å². The average molecular weight is 214 g/mol. The number of hydrogen-bond acceptors (Lipinski definition) is 3. The van der Waals surface area contributed by atoms with Crippen molar-refractivity contribution >= 4 is 16.6 Å². The molecule has 0 fully saturated rings. The zero-order valence-corrected chi connectivity index (χ0v) is 9.40. The summed E-state index contributed by atoms with van der Waals surface area (Å²) in [6.07, 6.45) is 3.49. The number of carbonyl (C=O) groups is 1. The van der Waals surface area contributed by atoms with Gasteiger partial charge < -0.3 is 5.32 Å². The average Bonchev–Trinajstić information content (AvgIpc) is 2.36. The lowest BCUT2D eigenvalue weighted by Crippen LogP contribution is -2.30. The molecule has 0 aliphatic carbocycles. The first-order valence-electron chi connectivity index (χ1n) is 5.28. The van der Waals surface area contributed by atoms with Gasteiger partial charge in [-0.3, -0.25) is 9.78 Å². The second-order valence-corrected chi connectivity index (χ2v) is 3.78. The Kier molecular flexibility index (Phi) is 2.97. The topological polar surface area (TPSA) is 42.0 Å². The Hall–Kier alpha value is -1.74. The number of hydrogen-bond donors (Lipinski definition) is 1. The van der Waals surface area contributed by atoms with Crippen molar-refractivity contribution in [1.82, 2.24) is 10.3 Å². The van der Waals surface area contributed by atoms with E-state index in [2.05, 4.69) is 10.3 Å². The number of aromatic nitrogens is 1. The van der Waals surface area contributed by atoms with Gasteiger partial charge in [0, 0.05) is 23.3 Å². The molecule has 1 N–H and O–H groups in total. The van der Waals surface area contributed by atoms with E-state index in [-0.39, 0.29) is 11.8 Å². The molecular weight excluding hydrogens is 200 g/mol. The second-order valence-electron chi connectivity index (χ2n) is 3.78. The van der Waals surface area contributed by atoms with Crippen LogP contribution in [-0.2, 0) is 0 Å². The SMILES string of the molecule is CNC(C)C(=O)c1cccc2cnccc12. The molecular formula is C13H14N2O. The number of rotatable bonds is 3. The minimum Gasteiger partial charge on any atom is -0.310 e. The summed E-state index contributed by atoms with van der Waals surface area (Å²) in [6.45, 7) is 1.86. The first-order valence-corrected chi connectivity index (χ1v) is 5.28. The van der Waals surface area contributed by atoms with Gasteiger partial charge >= 0.3 is 0 Å². The highest BCUT2D eigenvalue weighted by molar-refractivity contribution is 6.10. The Morgan fingerprint density at radius 2 is 2.19 bits per heavy atom. The van der Waals surface area contributed by atoms with Crippen molar-refractivity contribution in [3.63, 3.8) is 0 Å². The van der Waals surface area contributed by atoms with Crippen molar-refractivity contribution < 1.29 is 4.79 Å². The fourth-order valence-electron chi connectivity index (χ4n) is 1.70. The van der Waals surface area contributed by atoms with E-state index in [9.17, 15) is 4.79 Å². The Labute approximate surface area is 94.5 Å². The Morgan fingerprint density at radius 1 is 1.38 bits per heavy atom. The highest BCUT2D eigenvalue weighted by atomic mass is 16.1. The molecule has 1 aromatic heterocycles. The molecule has 0 radical (unpaired) electrons. The lowest BCUT2D eigenvalue weighted by Gasteiger charge is -2.10. The maximum absolute atomic E-state index is 12.1. The number of ketones is 1. The number of nitrogens with one attached hydrogen (secondary N) is 1. The lowest BCUT2D eigenvalue weighted by atomic mass is 9.99. The zero-order valence-electron chi connectivity index (χ0n) is 9.40. The number of Topliss-reactive ketones (excluding diaryl/α,β-unsaturated/α-hetero) is 1. The third-order valence-corrected chi connectivity index (χ3v) is 2.77. The van der Waals surface area contributed by atoms with Gasteiger partial charge in [0.05, 0.1) is 6.04 Å². The third kappa shape index (κ3) is 1.82. The first kappa shape index (κ1) is 10.8. The van der Waals surface area contributed by atoms with E-state index in [1.165, 1.54) is 0 Å². The van der Waals surface area contributed by atoms with E-state index in [4.69, 9.17) is 0 Å². The molecule has 0 aliphatic heterocycles. The van der Waals surface area contributed by atoms with Gasteiger partial charge in [-0.15, -0.1) is 0 Å². The third-order valence-electron chi connectivity index (χ3n) is 2.77. The molecule has 0 spiro atoms. The van der Waals surface area contributed by atoms with Gasteiger partial charge in [0.1, 0.15) is 0 Å². The van der Waals surface area contributed by atoms with E-state index in [0.29, 0.717) is 0 Å². The summed E-state index contributed by atoms with van der Waals surface area (Å²) in [7, 11) is 1.79. The fourth-order valence-corrected chi connectivity index (χ4v) is 1.70. The van der Waals surface area contributed by atoms with E-state index in [0.717, 1.165) is 16.3 Å². The van der Waals surface area contributed by atoms with Crippen molar-refractivity contribution in [3.8, 4) is 0 Å². The molecule has 3 nitrogen and oxygen atoms in total. The van der Waals surface area contributed by atoms with Crippen molar-refractivity contribution in [2.45, 2.75) is 13.0 Å². The molecule has 1 unspecified atom stereocenters. The Balaban J connectivity index is 2.56. The Bertz CT molecular complexity index is 517. The van der Waals surface area contributed by atoms with E-state index in [1.54, 1.807) is 19.4 Å². The predicted octanol–water partition coefficient (Wildman–Crippen LogP) is 2.03. The first-order chi connectivity index (χ1) is 7.74. The van der Waals surface area contributed by atoms with Crippen molar-refractivity contribution in [2.75, 3.05) is 7.05 Å². The van der Waals surface area contributed by atoms with Crippen LogP contribution in [0.25, 0.3) is 10.8 Å².